The number of aliphatic hydroxyl groups is 1. The molecule has 3 N–H and O–H groups in total. The Labute approximate surface area is 214 Å². The van der Waals surface area contributed by atoms with Gasteiger partial charge < -0.3 is 25.4 Å². The minimum absolute atomic E-state index is 0.0244. The molecule has 3 aliphatic carbocycles. The summed E-state index contributed by atoms with van der Waals surface area (Å²) in [5.74, 6) is -1.08. The quantitative estimate of drug-likeness (QED) is 0.522. The highest BCUT2D eigenvalue weighted by atomic mass is 35.5. The van der Waals surface area contributed by atoms with E-state index in [-0.39, 0.29) is 23.3 Å². The van der Waals surface area contributed by atoms with Crippen LogP contribution in [0.25, 0.3) is 0 Å². The highest BCUT2D eigenvalue weighted by Gasteiger charge is 2.55. The van der Waals surface area contributed by atoms with E-state index in [1.54, 1.807) is 12.3 Å². The first-order valence-electron chi connectivity index (χ1n) is 12.4. The van der Waals surface area contributed by atoms with Crippen molar-refractivity contribution in [3.63, 3.8) is 0 Å². The van der Waals surface area contributed by atoms with Crippen LogP contribution in [0.1, 0.15) is 55.4 Å². The second-order valence-corrected chi connectivity index (χ2v) is 10.5. The predicted octanol–water partition coefficient (Wildman–Crippen LogP) is 3.22. The minimum atomic E-state index is -0.817. The third kappa shape index (κ3) is 4.99. The van der Waals surface area contributed by atoms with Crippen molar-refractivity contribution in [1.82, 2.24) is 15.6 Å². The molecule has 4 fully saturated rings. The lowest BCUT2D eigenvalue weighted by Gasteiger charge is -2.56. The Hall–Kier alpha value is -2.91. The van der Waals surface area contributed by atoms with Crippen molar-refractivity contribution in [2.75, 3.05) is 24.6 Å². The van der Waals surface area contributed by atoms with Crippen LogP contribution in [0.15, 0.2) is 36.5 Å². The molecular weight excluding hydrogens is 487 g/mol. The van der Waals surface area contributed by atoms with Crippen LogP contribution >= 0.6 is 11.6 Å². The van der Waals surface area contributed by atoms with Gasteiger partial charge in [-0.25, -0.2) is 9.37 Å². The topological polar surface area (TPSA) is 104 Å². The van der Waals surface area contributed by atoms with E-state index in [2.05, 4.69) is 20.5 Å². The first-order chi connectivity index (χ1) is 17.3. The number of pyridine rings is 1. The second kappa shape index (κ2) is 9.86. The van der Waals surface area contributed by atoms with E-state index < -0.39 is 28.9 Å². The van der Waals surface area contributed by atoms with Gasteiger partial charge in [0.05, 0.1) is 28.5 Å². The molecule has 10 heteroatoms. The summed E-state index contributed by atoms with van der Waals surface area (Å²) in [5, 5.41) is 17.0. The number of benzene rings is 1. The van der Waals surface area contributed by atoms with Gasteiger partial charge in [0, 0.05) is 24.7 Å². The number of aliphatic hydroxyl groups excluding tert-OH is 1. The summed E-state index contributed by atoms with van der Waals surface area (Å²) in [6.07, 6.45) is 5.92. The van der Waals surface area contributed by atoms with Crippen molar-refractivity contribution >= 4 is 29.1 Å². The first kappa shape index (κ1) is 24.8. The van der Waals surface area contributed by atoms with Crippen LogP contribution < -0.4 is 20.3 Å². The third-order valence-corrected chi connectivity index (χ3v) is 8.11. The lowest BCUT2D eigenvalue weighted by atomic mass is 9.60. The summed E-state index contributed by atoms with van der Waals surface area (Å²) in [7, 11) is 0. The van der Waals surface area contributed by atoms with Gasteiger partial charge in [-0.15, -0.1) is 0 Å². The Bertz CT molecular complexity index is 1130. The van der Waals surface area contributed by atoms with E-state index in [4.69, 9.17) is 16.3 Å². The smallest absolute Gasteiger partial charge is 0.270 e. The van der Waals surface area contributed by atoms with Crippen molar-refractivity contribution in [3.8, 4) is 5.75 Å². The summed E-state index contributed by atoms with van der Waals surface area (Å²) in [5.41, 5.74) is 0.0793. The summed E-state index contributed by atoms with van der Waals surface area (Å²) in [6.45, 7) is 1.72. The van der Waals surface area contributed by atoms with Gasteiger partial charge in [0.25, 0.3) is 11.8 Å². The van der Waals surface area contributed by atoms with Gasteiger partial charge >= 0.3 is 0 Å². The lowest BCUT2D eigenvalue weighted by molar-refractivity contribution is -0.132. The van der Waals surface area contributed by atoms with E-state index >= 15 is 0 Å². The van der Waals surface area contributed by atoms with Crippen LogP contribution in [-0.4, -0.2) is 58.8 Å². The van der Waals surface area contributed by atoms with Crippen LogP contribution in [0, 0.1) is 5.82 Å². The molecule has 8 nitrogen and oxygen atoms in total. The van der Waals surface area contributed by atoms with Gasteiger partial charge in [0.15, 0.2) is 6.61 Å². The fourth-order valence-corrected chi connectivity index (χ4v) is 5.80. The number of nitrogens with zero attached hydrogens (tertiary/aromatic N) is 2. The molecule has 4 aliphatic rings. The number of aromatic nitrogens is 1. The molecule has 1 aromatic carbocycles. The molecule has 6 rings (SSSR count). The van der Waals surface area contributed by atoms with E-state index in [1.807, 2.05) is 6.07 Å². The fraction of sp³-hybridized carbons (Fsp3) is 0.500. The molecule has 2 bridgehead atoms. The van der Waals surface area contributed by atoms with Crippen molar-refractivity contribution in [2.24, 2.45) is 0 Å². The number of hydrogen-bond donors (Lipinski definition) is 3. The number of anilines is 1. The number of halogens is 2. The maximum Gasteiger partial charge on any atom is 0.270 e. The maximum atomic E-state index is 13.6. The van der Waals surface area contributed by atoms with Gasteiger partial charge in [-0.2, -0.15) is 0 Å². The Balaban J connectivity index is 1.16. The summed E-state index contributed by atoms with van der Waals surface area (Å²) < 4.78 is 19.0. The number of rotatable bonds is 7. The number of carbonyl (C=O) groups excluding carboxylic acids is 2. The highest BCUT2D eigenvalue weighted by Crippen LogP contribution is 2.47. The normalized spacial score (nSPS) is 27.1. The maximum absolute atomic E-state index is 13.6. The fourth-order valence-electron chi connectivity index (χ4n) is 5.68. The molecule has 1 saturated heterocycles. The molecular formula is C26H30ClFN4O4. The van der Waals surface area contributed by atoms with Crippen LogP contribution in [0.5, 0.6) is 5.75 Å². The molecule has 36 heavy (non-hydrogen) atoms. The molecule has 1 aliphatic heterocycles. The molecule has 0 unspecified atom stereocenters. The first-order valence-corrected chi connectivity index (χ1v) is 12.8. The predicted molar refractivity (Wildman–Crippen MR) is 133 cm³/mol. The molecule has 1 aromatic heterocycles. The van der Waals surface area contributed by atoms with Crippen LogP contribution in [0.4, 0.5) is 10.1 Å². The number of nitrogens with one attached hydrogen (secondary N) is 2. The molecule has 2 amide bonds. The van der Waals surface area contributed by atoms with Crippen molar-refractivity contribution in [1.29, 1.82) is 0 Å². The van der Waals surface area contributed by atoms with E-state index in [9.17, 15) is 19.1 Å². The molecule has 2 heterocycles. The van der Waals surface area contributed by atoms with Crippen molar-refractivity contribution in [2.45, 2.75) is 62.1 Å². The lowest BCUT2D eigenvalue weighted by Crippen LogP contribution is -2.70. The number of amides is 2. The molecule has 0 radical (unpaired) electrons. The van der Waals surface area contributed by atoms with Gasteiger partial charge in [-0.3, -0.25) is 9.59 Å². The van der Waals surface area contributed by atoms with E-state index in [1.165, 1.54) is 25.0 Å². The molecule has 192 valence electrons. The van der Waals surface area contributed by atoms with Gasteiger partial charge in [-0.1, -0.05) is 11.6 Å². The Morgan fingerprint density at radius 2 is 1.89 bits per heavy atom. The zero-order valence-electron chi connectivity index (χ0n) is 19.9. The van der Waals surface area contributed by atoms with Crippen LogP contribution in [0.3, 0.4) is 0 Å². The zero-order chi connectivity index (χ0) is 25.3. The minimum Gasteiger partial charge on any atom is -0.484 e. The van der Waals surface area contributed by atoms with E-state index in [0.29, 0.717) is 37.8 Å². The Kier molecular flexibility index (Phi) is 6.78. The van der Waals surface area contributed by atoms with Gasteiger partial charge in [0.2, 0.25) is 0 Å². The van der Waals surface area contributed by atoms with Crippen LogP contribution in [0.2, 0.25) is 5.02 Å². The highest BCUT2D eigenvalue weighted by molar-refractivity contribution is 6.30. The molecule has 1 atom stereocenters. The van der Waals surface area contributed by atoms with E-state index in [0.717, 1.165) is 24.8 Å². The zero-order valence-corrected chi connectivity index (χ0v) is 20.7. The number of carbonyl (C=O) groups is 2. The standard InChI is InChI=1S/C26H30ClFN4O4/c27-19-5-4-18(13-20(19)28)36-16-23(34)30-26-9-7-25(8-10-26,14-22(26)33)31-24(35)21-6-3-17(15-29-21)32-11-1-2-12-32/h3-6,13,15,22,33H,1-2,7-12,14,16H2,(H,30,34)(H,31,35)/t22-,25?,26?/m0/s1. The number of ether oxygens (including phenoxy) is 1. The van der Waals surface area contributed by atoms with Crippen molar-refractivity contribution in [3.05, 3.63) is 53.1 Å². The summed E-state index contributed by atoms with van der Waals surface area (Å²) in [4.78, 5) is 32.2. The summed E-state index contributed by atoms with van der Waals surface area (Å²) >= 11 is 5.67. The van der Waals surface area contributed by atoms with Crippen molar-refractivity contribution < 1.29 is 23.8 Å². The number of hydrogen-bond acceptors (Lipinski definition) is 6. The summed E-state index contributed by atoms with van der Waals surface area (Å²) in [6, 6.07) is 7.65. The van der Waals surface area contributed by atoms with Gasteiger partial charge in [-0.05, 0) is 69.2 Å². The van der Waals surface area contributed by atoms with Gasteiger partial charge in [0.1, 0.15) is 17.3 Å². The Morgan fingerprint density at radius 3 is 2.53 bits per heavy atom. The molecule has 2 aromatic rings. The SMILES string of the molecule is O=C(COc1ccc(Cl)c(F)c1)NC12CCC(NC(=O)c3ccc(N4CCCC4)cn3)(CC1)C[C@@H]2O. The third-order valence-electron chi connectivity index (χ3n) is 7.80. The molecule has 3 saturated carbocycles. The Morgan fingerprint density at radius 1 is 1.14 bits per heavy atom. The number of fused-ring (bicyclic) bond motifs is 3. The van der Waals surface area contributed by atoms with Crippen LogP contribution in [-0.2, 0) is 4.79 Å². The second-order valence-electron chi connectivity index (χ2n) is 10.1. The largest absolute Gasteiger partial charge is 0.484 e. The monoisotopic (exact) mass is 516 g/mol. The average Bonchev–Trinajstić information content (AvgIpc) is 3.41. The molecule has 0 spiro atoms. The average molecular weight is 517 g/mol.